The second kappa shape index (κ2) is 8.32. The van der Waals surface area contributed by atoms with Crippen LogP contribution in [0.25, 0.3) is 11.2 Å². The van der Waals surface area contributed by atoms with Gasteiger partial charge in [-0.3, -0.25) is 18.5 Å². The minimum Gasteiger partial charge on any atom is -0.398 e. The molecule has 0 radical (unpaired) electrons. The van der Waals surface area contributed by atoms with Crippen LogP contribution in [0.3, 0.4) is 0 Å². The van der Waals surface area contributed by atoms with Gasteiger partial charge < -0.3 is 16.4 Å². The average Bonchev–Trinajstić information content (AvgIpc) is 3.08. The monoisotopic (exact) mass is 423 g/mol. The van der Waals surface area contributed by atoms with Crippen molar-refractivity contribution in [2.45, 2.75) is 39.4 Å². The number of nitrogens with zero attached hydrogens (tertiary/aromatic N) is 5. The summed E-state index contributed by atoms with van der Waals surface area (Å²) in [5.41, 5.74) is 12.7. The van der Waals surface area contributed by atoms with E-state index in [4.69, 9.17) is 11.5 Å². The summed E-state index contributed by atoms with van der Waals surface area (Å²) in [6, 6.07) is 7.17. The van der Waals surface area contributed by atoms with Crippen molar-refractivity contribution in [2.24, 2.45) is 12.8 Å². The van der Waals surface area contributed by atoms with Crippen LogP contribution in [-0.4, -0.2) is 37.8 Å². The van der Waals surface area contributed by atoms with Gasteiger partial charge in [-0.1, -0.05) is 24.1 Å². The van der Waals surface area contributed by atoms with E-state index in [-0.39, 0.29) is 13.1 Å². The van der Waals surface area contributed by atoms with Gasteiger partial charge in [0.1, 0.15) is 0 Å². The highest BCUT2D eigenvalue weighted by Crippen LogP contribution is 2.20. The molecule has 9 heteroatoms. The van der Waals surface area contributed by atoms with Gasteiger partial charge in [-0.25, -0.2) is 4.79 Å². The fourth-order valence-electron chi connectivity index (χ4n) is 3.63. The molecule has 0 saturated carbocycles. The van der Waals surface area contributed by atoms with E-state index in [1.54, 1.807) is 30.7 Å². The maximum absolute atomic E-state index is 13.5. The maximum Gasteiger partial charge on any atom is 0.332 e. The van der Waals surface area contributed by atoms with Gasteiger partial charge in [0.15, 0.2) is 11.2 Å². The van der Waals surface area contributed by atoms with Crippen LogP contribution < -0.4 is 27.6 Å². The molecule has 31 heavy (non-hydrogen) atoms. The second-order valence-corrected chi connectivity index (χ2v) is 8.37. The van der Waals surface area contributed by atoms with E-state index >= 15 is 0 Å². The number of para-hydroxylation sites is 1. The Hall–Kier alpha value is -3.51. The molecule has 0 aliphatic rings. The quantitative estimate of drug-likeness (QED) is 0.446. The molecule has 0 fully saturated rings. The molecule has 1 aromatic carbocycles. The lowest BCUT2D eigenvalue weighted by atomic mass is 10.1. The van der Waals surface area contributed by atoms with Gasteiger partial charge in [-0.15, -0.1) is 5.92 Å². The number of rotatable bonds is 6. The molecule has 0 aliphatic carbocycles. The van der Waals surface area contributed by atoms with Crippen LogP contribution in [-0.2, 0) is 20.1 Å². The first-order valence-corrected chi connectivity index (χ1v) is 9.98. The van der Waals surface area contributed by atoms with Crippen LogP contribution >= 0.6 is 0 Å². The van der Waals surface area contributed by atoms with Gasteiger partial charge in [0.2, 0.25) is 5.95 Å². The number of fused-ring (bicyclic) bond motifs is 1. The minimum atomic E-state index is -0.481. The van der Waals surface area contributed by atoms with Crippen molar-refractivity contribution < 1.29 is 0 Å². The first-order chi connectivity index (χ1) is 14.5. The highest BCUT2D eigenvalue weighted by molar-refractivity contribution is 5.74. The van der Waals surface area contributed by atoms with Crippen molar-refractivity contribution in [2.75, 3.05) is 24.2 Å². The standard InChI is InChI=1S/C22H29N7O2/c1-6-7-12-28-17-18(25-20(28)26(4)14-22(2,3)24)27(5)21(31)29(19(17)30)13-15-10-8-9-11-16(15)23/h8-11H,12-14,23-24H2,1-5H3. The summed E-state index contributed by atoms with van der Waals surface area (Å²) in [5, 5.41) is 0. The first kappa shape index (κ1) is 22.2. The molecule has 0 bridgehead atoms. The van der Waals surface area contributed by atoms with E-state index in [0.717, 1.165) is 0 Å². The molecule has 0 unspecified atom stereocenters. The van der Waals surface area contributed by atoms with E-state index in [9.17, 15) is 9.59 Å². The molecule has 0 atom stereocenters. The molecule has 9 nitrogen and oxygen atoms in total. The topological polar surface area (TPSA) is 117 Å². The molecule has 0 spiro atoms. The lowest BCUT2D eigenvalue weighted by molar-refractivity contribution is 0.512. The number of hydrogen-bond acceptors (Lipinski definition) is 6. The van der Waals surface area contributed by atoms with Crippen LogP contribution in [0.4, 0.5) is 11.6 Å². The zero-order valence-electron chi connectivity index (χ0n) is 18.6. The molecule has 3 rings (SSSR count). The summed E-state index contributed by atoms with van der Waals surface area (Å²) >= 11 is 0. The van der Waals surface area contributed by atoms with Gasteiger partial charge >= 0.3 is 5.69 Å². The van der Waals surface area contributed by atoms with Crippen LogP contribution in [0.1, 0.15) is 26.3 Å². The summed E-state index contributed by atoms with van der Waals surface area (Å²) in [6.07, 6.45) is 0. The molecule has 0 saturated heterocycles. The second-order valence-electron chi connectivity index (χ2n) is 8.37. The Balaban J connectivity index is 2.28. The fourth-order valence-corrected chi connectivity index (χ4v) is 3.63. The molecule has 4 N–H and O–H groups in total. The third-order valence-electron chi connectivity index (χ3n) is 5.00. The van der Waals surface area contributed by atoms with Gasteiger partial charge in [-0.2, -0.15) is 4.98 Å². The fraction of sp³-hybridized carbons (Fsp3) is 0.409. The molecule has 2 heterocycles. The molecule has 3 aromatic rings. The van der Waals surface area contributed by atoms with Crippen LogP contribution in [0.15, 0.2) is 33.9 Å². The van der Waals surface area contributed by atoms with Gasteiger partial charge in [0.05, 0.1) is 13.1 Å². The summed E-state index contributed by atoms with van der Waals surface area (Å²) in [5.74, 6) is 6.38. The van der Waals surface area contributed by atoms with Gasteiger partial charge in [-0.05, 0) is 32.4 Å². The first-order valence-electron chi connectivity index (χ1n) is 9.98. The Kier molecular flexibility index (Phi) is 5.95. The molecule has 164 valence electrons. The van der Waals surface area contributed by atoms with Crippen molar-refractivity contribution in [3.8, 4) is 11.8 Å². The van der Waals surface area contributed by atoms with Crippen molar-refractivity contribution in [1.82, 2.24) is 18.7 Å². The molecule has 2 aromatic heterocycles. The molecular weight excluding hydrogens is 394 g/mol. The molecule has 0 aliphatic heterocycles. The smallest absolute Gasteiger partial charge is 0.332 e. The number of benzene rings is 1. The third-order valence-corrected chi connectivity index (χ3v) is 5.00. The average molecular weight is 424 g/mol. The van der Waals surface area contributed by atoms with E-state index in [1.165, 1.54) is 9.13 Å². The molecule has 0 amide bonds. The summed E-state index contributed by atoms with van der Waals surface area (Å²) in [7, 11) is 3.46. The molecular formula is C22H29N7O2. The van der Waals surface area contributed by atoms with Crippen LogP contribution in [0, 0.1) is 11.8 Å². The van der Waals surface area contributed by atoms with E-state index in [2.05, 4.69) is 16.8 Å². The van der Waals surface area contributed by atoms with Crippen LogP contribution in [0.2, 0.25) is 0 Å². The number of likely N-dealkylation sites (N-methyl/N-ethyl adjacent to an activating group) is 1. The minimum absolute atomic E-state index is 0.0692. The zero-order chi connectivity index (χ0) is 22.9. The number of imidazole rings is 1. The van der Waals surface area contributed by atoms with Gasteiger partial charge in [0, 0.05) is 31.9 Å². The van der Waals surface area contributed by atoms with Crippen LogP contribution in [0.5, 0.6) is 0 Å². The van der Waals surface area contributed by atoms with Crippen molar-refractivity contribution in [3.63, 3.8) is 0 Å². The predicted molar refractivity (Wildman–Crippen MR) is 124 cm³/mol. The summed E-state index contributed by atoms with van der Waals surface area (Å²) < 4.78 is 4.31. The summed E-state index contributed by atoms with van der Waals surface area (Å²) in [4.78, 5) is 33.0. The lowest BCUT2D eigenvalue weighted by Gasteiger charge is -2.27. The zero-order valence-corrected chi connectivity index (χ0v) is 18.6. The number of anilines is 2. The number of aromatic nitrogens is 4. The Morgan fingerprint density at radius 3 is 2.48 bits per heavy atom. The Bertz CT molecular complexity index is 1300. The number of nitrogen functional groups attached to an aromatic ring is 1. The van der Waals surface area contributed by atoms with E-state index < -0.39 is 16.8 Å². The highest BCUT2D eigenvalue weighted by Gasteiger charge is 2.24. The Morgan fingerprint density at radius 2 is 1.87 bits per heavy atom. The normalized spacial score (nSPS) is 11.4. The maximum atomic E-state index is 13.5. The third kappa shape index (κ3) is 4.34. The Labute approximate surface area is 180 Å². The van der Waals surface area contributed by atoms with Crippen molar-refractivity contribution in [3.05, 3.63) is 50.7 Å². The van der Waals surface area contributed by atoms with Crippen molar-refractivity contribution in [1.29, 1.82) is 0 Å². The Morgan fingerprint density at radius 1 is 1.19 bits per heavy atom. The largest absolute Gasteiger partial charge is 0.398 e. The number of nitrogens with two attached hydrogens (primary N) is 2. The lowest BCUT2D eigenvalue weighted by Crippen LogP contribution is -2.44. The van der Waals surface area contributed by atoms with E-state index in [0.29, 0.717) is 34.9 Å². The predicted octanol–water partition coefficient (Wildman–Crippen LogP) is 0.724. The summed E-state index contributed by atoms with van der Waals surface area (Å²) in [6.45, 7) is 6.39. The van der Waals surface area contributed by atoms with Crippen molar-refractivity contribution >= 4 is 22.8 Å². The highest BCUT2D eigenvalue weighted by atomic mass is 16.2. The number of aryl methyl sites for hydroxylation is 1. The van der Waals surface area contributed by atoms with E-state index in [1.807, 2.05) is 37.9 Å². The number of hydrogen-bond donors (Lipinski definition) is 2. The van der Waals surface area contributed by atoms with Gasteiger partial charge in [0.25, 0.3) is 5.56 Å². The SMILES string of the molecule is CC#CCn1c(N(C)CC(C)(C)N)nc2c1c(=O)n(Cc1ccccc1N)c(=O)n2C.